The highest BCUT2D eigenvalue weighted by Gasteiger charge is 2.14. The lowest BCUT2D eigenvalue weighted by atomic mass is 10.1. The van der Waals surface area contributed by atoms with Gasteiger partial charge in [-0.3, -0.25) is 4.79 Å². The van der Waals surface area contributed by atoms with Crippen molar-refractivity contribution in [1.82, 2.24) is 4.57 Å². The van der Waals surface area contributed by atoms with Gasteiger partial charge in [0.05, 0.1) is 7.11 Å². The zero-order valence-corrected chi connectivity index (χ0v) is 18.1. The highest BCUT2D eigenvalue weighted by Crippen LogP contribution is 2.26. The summed E-state index contributed by atoms with van der Waals surface area (Å²) in [6.45, 7) is 0.575. The second-order valence-corrected chi connectivity index (χ2v) is 7.58. The minimum absolute atomic E-state index is 0.00784. The number of ether oxygens (including phenoxy) is 1. The summed E-state index contributed by atoms with van der Waals surface area (Å²) >= 11 is 6.35. The Bertz CT molecular complexity index is 1370. The first-order valence-electron chi connectivity index (χ1n) is 9.97. The van der Waals surface area contributed by atoms with Crippen LogP contribution in [0.3, 0.4) is 0 Å². The molecular formula is C26H20ClN3O2. The van der Waals surface area contributed by atoms with Gasteiger partial charge in [0.25, 0.3) is 5.91 Å². The van der Waals surface area contributed by atoms with Gasteiger partial charge in [0.15, 0.2) is 0 Å². The average Bonchev–Trinajstić information content (AvgIpc) is 3.16. The number of carbonyl (C=O) groups is 1. The summed E-state index contributed by atoms with van der Waals surface area (Å²) in [6.07, 6.45) is 3.55. The van der Waals surface area contributed by atoms with E-state index in [-0.39, 0.29) is 5.57 Å². The molecule has 0 radical (unpaired) electrons. The Labute approximate surface area is 191 Å². The van der Waals surface area contributed by atoms with E-state index in [4.69, 9.17) is 16.3 Å². The van der Waals surface area contributed by atoms with Gasteiger partial charge in [0.1, 0.15) is 17.4 Å². The van der Waals surface area contributed by atoms with E-state index in [1.807, 2.05) is 60.8 Å². The predicted molar refractivity (Wildman–Crippen MR) is 128 cm³/mol. The highest BCUT2D eigenvalue weighted by atomic mass is 35.5. The molecule has 1 aromatic heterocycles. The first-order chi connectivity index (χ1) is 15.6. The summed E-state index contributed by atoms with van der Waals surface area (Å²) in [5.74, 6) is 0.136. The number of halogens is 1. The Morgan fingerprint density at radius 3 is 2.69 bits per heavy atom. The smallest absolute Gasteiger partial charge is 0.266 e. The Morgan fingerprint density at radius 2 is 1.91 bits per heavy atom. The zero-order chi connectivity index (χ0) is 22.5. The quantitative estimate of drug-likeness (QED) is 0.299. The van der Waals surface area contributed by atoms with Gasteiger partial charge in [-0.2, -0.15) is 5.26 Å². The number of fused-ring (bicyclic) bond motifs is 1. The number of nitriles is 1. The number of methoxy groups -OCH3 is 1. The van der Waals surface area contributed by atoms with E-state index >= 15 is 0 Å². The van der Waals surface area contributed by atoms with Crippen molar-refractivity contribution >= 4 is 40.2 Å². The van der Waals surface area contributed by atoms with Gasteiger partial charge in [-0.15, -0.1) is 0 Å². The number of benzene rings is 3. The van der Waals surface area contributed by atoms with E-state index in [9.17, 15) is 10.1 Å². The molecule has 6 heteroatoms. The second kappa shape index (κ2) is 9.42. The number of rotatable bonds is 6. The van der Waals surface area contributed by atoms with E-state index in [0.717, 1.165) is 22.0 Å². The summed E-state index contributed by atoms with van der Waals surface area (Å²) in [7, 11) is 1.56. The third-order valence-electron chi connectivity index (χ3n) is 5.11. The van der Waals surface area contributed by atoms with Crippen molar-refractivity contribution in [2.45, 2.75) is 6.54 Å². The first-order valence-corrected chi connectivity index (χ1v) is 10.4. The van der Waals surface area contributed by atoms with E-state index in [2.05, 4.69) is 9.88 Å². The lowest BCUT2D eigenvalue weighted by Crippen LogP contribution is -2.13. The van der Waals surface area contributed by atoms with Crippen molar-refractivity contribution in [2.24, 2.45) is 0 Å². The first kappa shape index (κ1) is 21.2. The van der Waals surface area contributed by atoms with Gasteiger partial charge in [-0.25, -0.2) is 0 Å². The molecule has 4 aromatic rings. The van der Waals surface area contributed by atoms with Crippen molar-refractivity contribution in [3.63, 3.8) is 0 Å². The number of amides is 1. The summed E-state index contributed by atoms with van der Waals surface area (Å²) in [5, 5.41) is 14.1. The maximum atomic E-state index is 12.8. The van der Waals surface area contributed by atoms with Crippen molar-refractivity contribution in [3.8, 4) is 11.8 Å². The van der Waals surface area contributed by atoms with Gasteiger partial charge >= 0.3 is 0 Å². The molecule has 0 saturated carbocycles. The normalized spacial score (nSPS) is 11.2. The minimum Gasteiger partial charge on any atom is -0.497 e. The third-order valence-corrected chi connectivity index (χ3v) is 5.48. The van der Waals surface area contributed by atoms with Crippen LogP contribution in [0.5, 0.6) is 5.75 Å². The summed E-state index contributed by atoms with van der Waals surface area (Å²) < 4.78 is 7.25. The molecule has 0 unspecified atom stereocenters. The van der Waals surface area contributed by atoms with Crippen LogP contribution in [0.15, 0.2) is 84.6 Å². The molecular weight excluding hydrogens is 422 g/mol. The molecule has 1 amide bonds. The summed E-state index contributed by atoms with van der Waals surface area (Å²) in [6, 6.07) is 24.6. The maximum Gasteiger partial charge on any atom is 0.266 e. The molecule has 32 heavy (non-hydrogen) atoms. The van der Waals surface area contributed by atoms with Crippen molar-refractivity contribution in [3.05, 3.63) is 101 Å². The number of anilines is 1. The van der Waals surface area contributed by atoms with E-state index in [0.29, 0.717) is 23.0 Å². The molecule has 0 aliphatic heterocycles. The number of hydrogen-bond acceptors (Lipinski definition) is 3. The van der Waals surface area contributed by atoms with Gasteiger partial charge < -0.3 is 14.6 Å². The molecule has 0 bridgehead atoms. The molecule has 1 heterocycles. The molecule has 158 valence electrons. The van der Waals surface area contributed by atoms with Gasteiger partial charge in [0, 0.05) is 46.0 Å². The maximum absolute atomic E-state index is 12.8. The zero-order valence-electron chi connectivity index (χ0n) is 17.4. The number of nitrogens with zero attached hydrogens (tertiary/aromatic N) is 2. The van der Waals surface area contributed by atoms with Crippen LogP contribution in [0.2, 0.25) is 5.02 Å². The molecule has 0 fully saturated rings. The summed E-state index contributed by atoms with van der Waals surface area (Å²) in [5.41, 5.74) is 3.32. The standard InChI is InChI=1S/C26H20ClN3O2/c1-32-22-9-6-8-21(14-22)29-26(31)19(15-28)13-20-17-30(25-12-5-3-10-23(20)25)16-18-7-2-4-11-24(18)27/h2-14,17H,16H2,1H3,(H,29,31)/b19-13-. The predicted octanol–water partition coefficient (Wildman–Crippen LogP) is 5.90. The number of aromatic nitrogens is 1. The monoisotopic (exact) mass is 441 g/mol. The van der Waals surface area contributed by atoms with Gasteiger partial charge in [0.2, 0.25) is 0 Å². The fourth-order valence-corrected chi connectivity index (χ4v) is 3.73. The van der Waals surface area contributed by atoms with Crippen LogP contribution in [-0.2, 0) is 11.3 Å². The average molecular weight is 442 g/mol. The van der Waals surface area contributed by atoms with Crippen LogP contribution in [0.25, 0.3) is 17.0 Å². The van der Waals surface area contributed by atoms with E-state index in [1.54, 1.807) is 37.5 Å². The fourth-order valence-electron chi connectivity index (χ4n) is 3.53. The molecule has 0 aliphatic rings. The van der Waals surface area contributed by atoms with Crippen molar-refractivity contribution in [1.29, 1.82) is 5.26 Å². The highest BCUT2D eigenvalue weighted by molar-refractivity contribution is 6.31. The Morgan fingerprint density at radius 1 is 1.12 bits per heavy atom. The number of nitrogens with one attached hydrogen (secondary N) is 1. The molecule has 3 aromatic carbocycles. The van der Waals surface area contributed by atoms with Crippen LogP contribution >= 0.6 is 11.6 Å². The van der Waals surface area contributed by atoms with Crippen molar-refractivity contribution < 1.29 is 9.53 Å². The molecule has 5 nitrogen and oxygen atoms in total. The Kier molecular flexibility index (Phi) is 6.25. The second-order valence-electron chi connectivity index (χ2n) is 7.18. The summed E-state index contributed by atoms with van der Waals surface area (Å²) in [4.78, 5) is 12.8. The molecule has 4 rings (SSSR count). The SMILES string of the molecule is COc1cccc(NC(=O)/C(C#N)=C\c2cn(Cc3ccccc3Cl)c3ccccc23)c1. The van der Waals surface area contributed by atoms with Crippen LogP contribution in [0.4, 0.5) is 5.69 Å². The molecule has 0 saturated heterocycles. The van der Waals surface area contributed by atoms with Gasteiger partial charge in [-0.1, -0.05) is 54.1 Å². The Balaban J connectivity index is 1.68. The molecule has 0 spiro atoms. The van der Waals surface area contributed by atoms with E-state index in [1.165, 1.54) is 0 Å². The molecule has 0 atom stereocenters. The van der Waals surface area contributed by atoms with Gasteiger partial charge in [-0.05, 0) is 35.9 Å². The lowest BCUT2D eigenvalue weighted by Gasteiger charge is -2.07. The van der Waals surface area contributed by atoms with Crippen molar-refractivity contribution in [2.75, 3.05) is 12.4 Å². The van der Waals surface area contributed by atoms with Crippen LogP contribution in [0.1, 0.15) is 11.1 Å². The fraction of sp³-hybridized carbons (Fsp3) is 0.0769. The largest absolute Gasteiger partial charge is 0.497 e. The van der Waals surface area contributed by atoms with Crippen LogP contribution < -0.4 is 10.1 Å². The number of carbonyl (C=O) groups excluding carboxylic acids is 1. The van der Waals surface area contributed by atoms with E-state index < -0.39 is 5.91 Å². The minimum atomic E-state index is -0.483. The van der Waals surface area contributed by atoms with Crippen LogP contribution in [-0.4, -0.2) is 17.6 Å². The number of para-hydroxylation sites is 1. The Hall–Kier alpha value is -4.01. The van der Waals surface area contributed by atoms with Crippen LogP contribution in [0, 0.1) is 11.3 Å². The number of hydrogen-bond donors (Lipinski definition) is 1. The lowest BCUT2D eigenvalue weighted by molar-refractivity contribution is -0.112. The topological polar surface area (TPSA) is 67.0 Å². The third kappa shape index (κ3) is 4.51. The molecule has 1 N–H and O–H groups in total. The molecule has 0 aliphatic carbocycles.